The molecule has 0 radical (unpaired) electrons. The van der Waals surface area contributed by atoms with Crippen molar-refractivity contribution in [1.82, 2.24) is 10.6 Å². The molecule has 0 spiro atoms. The van der Waals surface area contributed by atoms with Crippen LogP contribution in [0.3, 0.4) is 0 Å². The molecule has 0 saturated heterocycles. The van der Waals surface area contributed by atoms with Crippen LogP contribution < -0.4 is 10.6 Å². The Morgan fingerprint density at radius 3 is 2.26 bits per heavy atom. The van der Waals surface area contributed by atoms with Crippen LogP contribution in [0.2, 0.25) is 5.02 Å². The van der Waals surface area contributed by atoms with Crippen molar-refractivity contribution in [1.29, 1.82) is 0 Å². The molecule has 2 atom stereocenters. The minimum atomic E-state index is -0.514. The summed E-state index contributed by atoms with van der Waals surface area (Å²) in [6.45, 7) is 6.11. The van der Waals surface area contributed by atoms with Crippen LogP contribution in [0.1, 0.15) is 50.4 Å². The number of hydrogen-bond donors (Lipinski definition) is 2. The van der Waals surface area contributed by atoms with Crippen molar-refractivity contribution in [2.24, 2.45) is 11.8 Å². The van der Waals surface area contributed by atoms with Gasteiger partial charge in [0, 0.05) is 16.6 Å². The fourth-order valence-electron chi connectivity index (χ4n) is 2.58. The molecule has 1 aliphatic carbocycles. The van der Waals surface area contributed by atoms with E-state index in [1.54, 1.807) is 24.3 Å². The van der Waals surface area contributed by atoms with E-state index >= 15 is 0 Å². The van der Waals surface area contributed by atoms with Gasteiger partial charge in [-0.15, -0.1) is 0 Å². The Kier molecular flexibility index (Phi) is 6.05. The molecule has 1 saturated carbocycles. The minimum absolute atomic E-state index is 0.0968. The molecule has 0 bridgehead atoms. The van der Waals surface area contributed by atoms with Crippen LogP contribution in [0.5, 0.6) is 0 Å². The van der Waals surface area contributed by atoms with Crippen LogP contribution in [-0.4, -0.2) is 23.9 Å². The number of carbonyl (C=O) groups excluding carboxylic acids is 2. The largest absolute Gasteiger partial charge is 0.352 e. The van der Waals surface area contributed by atoms with Gasteiger partial charge in [0.15, 0.2) is 0 Å². The van der Waals surface area contributed by atoms with E-state index in [4.69, 9.17) is 11.6 Å². The molecular formula is C18H25ClN2O2. The van der Waals surface area contributed by atoms with Gasteiger partial charge in [0.25, 0.3) is 5.91 Å². The second-order valence-electron chi connectivity index (χ2n) is 6.80. The summed E-state index contributed by atoms with van der Waals surface area (Å²) in [5.41, 5.74) is 0.506. The van der Waals surface area contributed by atoms with Gasteiger partial charge in [-0.3, -0.25) is 9.59 Å². The van der Waals surface area contributed by atoms with Crippen LogP contribution in [-0.2, 0) is 4.79 Å². The molecule has 1 aliphatic rings. The average molecular weight is 337 g/mol. The predicted molar refractivity (Wildman–Crippen MR) is 92.5 cm³/mol. The molecule has 5 heteroatoms. The number of hydrogen-bond acceptors (Lipinski definition) is 2. The number of benzene rings is 1. The number of halogens is 1. The first-order valence-corrected chi connectivity index (χ1v) is 8.61. The van der Waals surface area contributed by atoms with Crippen LogP contribution in [0.25, 0.3) is 0 Å². The Hall–Kier alpha value is -1.55. The topological polar surface area (TPSA) is 58.2 Å². The maximum atomic E-state index is 12.5. The third-order valence-electron chi connectivity index (χ3n) is 4.13. The molecule has 1 aromatic carbocycles. The zero-order chi connectivity index (χ0) is 17.0. The molecule has 2 rings (SSSR count). The zero-order valence-electron chi connectivity index (χ0n) is 13.9. The van der Waals surface area contributed by atoms with Crippen LogP contribution in [0, 0.1) is 11.8 Å². The first-order chi connectivity index (χ1) is 10.9. The number of carbonyl (C=O) groups is 2. The van der Waals surface area contributed by atoms with E-state index in [-0.39, 0.29) is 17.9 Å². The summed E-state index contributed by atoms with van der Waals surface area (Å²) in [5, 5.41) is 6.47. The van der Waals surface area contributed by atoms with Crippen molar-refractivity contribution in [3.05, 3.63) is 34.9 Å². The summed E-state index contributed by atoms with van der Waals surface area (Å²) >= 11 is 5.84. The highest BCUT2D eigenvalue weighted by atomic mass is 35.5. The summed E-state index contributed by atoms with van der Waals surface area (Å²) in [6.07, 6.45) is 2.96. The standard InChI is InChI=1S/C18H25ClN2O2/c1-11(2)10-16(18(23)20-12(3)13-4-5-13)21-17(22)14-6-8-15(19)9-7-14/h6-9,11-13,16H,4-5,10H2,1-3H3,(H,20,23)(H,21,22). The van der Waals surface area contributed by atoms with Crippen LogP contribution in [0.4, 0.5) is 0 Å². The van der Waals surface area contributed by atoms with Crippen molar-refractivity contribution in [2.75, 3.05) is 0 Å². The summed E-state index contributed by atoms with van der Waals surface area (Å²) < 4.78 is 0. The van der Waals surface area contributed by atoms with Crippen molar-refractivity contribution in [3.63, 3.8) is 0 Å². The second-order valence-corrected chi connectivity index (χ2v) is 7.23. The molecular weight excluding hydrogens is 312 g/mol. The lowest BCUT2D eigenvalue weighted by atomic mass is 10.0. The van der Waals surface area contributed by atoms with Gasteiger partial charge in [-0.2, -0.15) is 0 Å². The molecule has 23 heavy (non-hydrogen) atoms. The molecule has 4 nitrogen and oxygen atoms in total. The van der Waals surface area contributed by atoms with Crippen molar-refractivity contribution >= 4 is 23.4 Å². The van der Waals surface area contributed by atoms with Crippen LogP contribution in [0.15, 0.2) is 24.3 Å². The molecule has 0 aromatic heterocycles. The van der Waals surface area contributed by atoms with Crippen molar-refractivity contribution in [2.45, 2.75) is 52.1 Å². The fourth-order valence-corrected chi connectivity index (χ4v) is 2.71. The SMILES string of the molecule is CC(C)CC(NC(=O)c1ccc(Cl)cc1)C(=O)NC(C)C1CC1. The van der Waals surface area contributed by atoms with Gasteiger partial charge in [-0.25, -0.2) is 0 Å². The Balaban J connectivity index is 2.00. The highest BCUT2D eigenvalue weighted by molar-refractivity contribution is 6.30. The summed E-state index contributed by atoms with van der Waals surface area (Å²) in [7, 11) is 0. The van der Waals surface area contributed by atoms with Gasteiger partial charge in [-0.05, 0) is 62.3 Å². The summed E-state index contributed by atoms with van der Waals surface area (Å²) in [4.78, 5) is 24.8. The lowest BCUT2D eigenvalue weighted by molar-refractivity contribution is -0.124. The molecule has 2 unspecified atom stereocenters. The Morgan fingerprint density at radius 2 is 1.74 bits per heavy atom. The first-order valence-electron chi connectivity index (χ1n) is 8.23. The van der Waals surface area contributed by atoms with Gasteiger partial charge in [-0.1, -0.05) is 25.4 Å². The van der Waals surface area contributed by atoms with Gasteiger partial charge >= 0.3 is 0 Å². The Bertz CT molecular complexity index is 553. The van der Waals surface area contributed by atoms with Crippen molar-refractivity contribution in [3.8, 4) is 0 Å². The third-order valence-corrected chi connectivity index (χ3v) is 4.39. The average Bonchev–Trinajstić information content (AvgIpc) is 3.31. The molecule has 0 heterocycles. The smallest absolute Gasteiger partial charge is 0.251 e. The first kappa shape index (κ1) is 17.8. The highest BCUT2D eigenvalue weighted by Gasteiger charge is 2.31. The maximum absolute atomic E-state index is 12.5. The molecule has 1 aromatic rings. The highest BCUT2D eigenvalue weighted by Crippen LogP contribution is 2.32. The number of nitrogens with one attached hydrogen (secondary N) is 2. The molecule has 2 amide bonds. The van der Waals surface area contributed by atoms with E-state index in [1.165, 1.54) is 12.8 Å². The van der Waals surface area contributed by atoms with Gasteiger partial charge in [0.05, 0.1) is 0 Å². The number of amides is 2. The number of rotatable bonds is 7. The predicted octanol–water partition coefficient (Wildman–Crippen LogP) is 3.40. The molecule has 1 fully saturated rings. The quantitative estimate of drug-likeness (QED) is 0.801. The Morgan fingerprint density at radius 1 is 1.13 bits per heavy atom. The zero-order valence-corrected chi connectivity index (χ0v) is 14.7. The monoisotopic (exact) mass is 336 g/mol. The van der Waals surface area contributed by atoms with Gasteiger partial charge < -0.3 is 10.6 Å². The Labute approximate surface area is 143 Å². The van der Waals surface area contributed by atoms with E-state index < -0.39 is 6.04 Å². The minimum Gasteiger partial charge on any atom is -0.352 e. The molecule has 0 aliphatic heterocycles. The molecule has 126 valence electrons. The van der Waals surface area contributed by atoms with Crippen molar-refractivity contribution < 1.29 is 9.59 Å². The summed E-state index contributed by atoms with van der Waals surface area (Å²) in [5.74, 6) is 0.556. The lowest BCUT2D eigenvalue weighted by Gasteiger charge is -2.22. The van der Waals surface area contributed by atoms with E-state index in [2.05, 4.69) is 10.6 Å². The molecule has 2 N–H and O–H groups in total. The van der Waals surface area contributed by atoms with Crippen LogP contribution >= 0.6 is 11.6 Å². The normalized spacial score (nSPS) is 16.7. The van der Waals surface area contributed by atoms with Gasteiger partial charge in [0.2, 0.25) is 5.91 Å². The van der Waals surface area contributed by atoms with Gasteiger partial charge in [0.1, 0.15) is 6.04 Å². The summed E-state index contributed by atoms with van der Waals surface area (Å²) in [6, 6.07) is 6.32. The lowest BCUT2D eigenvalue weighted by Crippen LogP contribution is -2.50. The third kappa shape index (κ3) is 5.54. The van der Waals surface area contributed by atoms with E-state index in [1.807, 2.05) is 20.8 Å². The maximum Gasteiger partial charge on any atom is 0.251 e. The fraction of sp³-hybridized carbons (Fsp3) is 0.556. The van der Waals surface area contributed by atoms with E-state index in [0.29, 0.717) is 28.8 Å². The second kappa shape index (κ2) is 7.82. The van der Waals surface area contributed by atoms with E-state index in [9.17, 15) is 9.59 Å². The van der Waals surface area contributed by atoms with E-state index in [0.717, 1.165) is 0 Å².